The molecule has 0 spiro atoms. The van der Waals surface area contributed by atoms with Crippen molar-refractivity contribution in [2.45, 2.75) is 0 Å². The number of pyridine rings is 1. The first-order valence-electron chi connectivity index (χ1n) is 5.37. The van der Waals surface area contributed by atoms with Gasteiger partial charge in [-0.3, -0.25) is 9.78 Å². The monoisotopic (exact) mass is 293 g/mol. The molecule has 2 aromatic rings. The molecule has 1 aromatic heterocycles. The van der Waals surface area contributed by atoms with E-state index in [-0.39, 0.29) is 5.69 Å². The van der Waals surface area contributed by atoms with E-state index >= 15 is 0 Å². The first-order chi connectivity index (χ1) is 9.18. The number of amides is 1. The van der Waals surface area contributed by atoms with Crippen LogP contribution in [0.25, 0.3) is 0 Å². The van der Waals surface area contributed by atoms with Gasteiger partial charge in [-0.2, -0.15) is 5.10 Å². The summed E-state index contributed by atoms with van der Waals surface area (Å²) in [4.78, 5) is 15.5. The molecule has 2 rings (SSSR count). The molecular formula is C13H9Cl2N3O. The van der Waals surface area contributed by atoms with E-state index < -0.39 is 5.91 Å². The highest BCUT2D eigenvalue weighted by atomic mass is 35.5. The van der Waals surface area contributed by atoms with Gasteiger partial charge in [0, 0.05) is 11.8 Å². The van der Waals surface area contributed by atoms with Crippen LogP contribution in [0.4, 0.5) is 0 Å². The van der Waals surface area contributed by atoms with Gasteiger partial charge in [-0.1, -0.05) is 41.4 Å². The third-order valence-electron chi connectivity index (χ3n) is 2.25. The fourth-order valence-electron chi connectivity index (χ4n) is 1.33. The van der Waals surface area contributed by atoms with Crippen molar-refractivity contribution in [2.24, 2.45) is 5.10 Å². The predicted octanol–water partition coefficient (Wildman–Crippen LogP) is 3.15. The van der Waals surface area contributed by atoms with Gasteiger partial charge in [0.15, 0.2) is 0 Å². The van der Waals surface area contributed by atoms with Gasteiger partial charge in [0.25, 0.3) is 5.91 Å². The smallest absolute Gasteiger partial charge is 0.266 e. The number of hydrogen-bond acceptors (Lipinski definition) is 3. The number of rotatable bonds is 3. The molecule has 0 saturated heterocycles. The number of carbonyl (C=O) groups is 1. The van der Waals surface area contributed by atoms with Crippen LogP contribution in [-0.4, -0.2) is 17.1 Å². The first kappa shape index (κ1) is 13.5. The Bertz CT molecular complexity index is 615. The van der Waals surface area contributed by atoms with Crippen molar-refractivity contribution in [3.8, 4) is 0 Å². The van der Waals surface area contributed by atoms with Gasteiger partial charge < -0.3 is 0 Å². The molecule has 1 heterocycles. The number of nitrogens with zero attached hydrogens (tertiary/aromatic N) is 2. The van der Waals surface area contributed by atoms with E-state index in [1.54, 1.807) is 36.4 Å². The van der Waals surface area contributed by atoms with Gasteiger partial charge in [0.1, 0.15) is 5.69 Å². The molecule has 0 atom stereocenters. The van der Waals surface area contributed by atoms with Gasteiger partial charge in [-0.05, 0) is 18.2 Å². The Labute approximate surface area is 120 Å². The molecule has 1 amide bonds. The second kappa shape index (κ2) is 6.31. The van der Waals surface area contributed by atoms with Gasteiger partial charge >= 0.3 is 0 Å². The van der Waals surface area contributed by atoms with E-state index in [9.17, 15) is 4.79 Å². The normalized spacial score (nSPS) is 10.6. The zero-order valence-electron chi connectivity index (χ0n) is 9.68. The van der Waals surface area contributed by atoms with Crippen molar-refractivity contribution >= 4 is 35.3 Å². The summed E-state index contributed by atoms with van der Waals surface area (Å²) >= 11 is 11.8. The number of benzene rings is 1. The van der Waals surface area contributed by atoms with E-state index in [1.165, 1.54) is 12.4 Å². The molecule has 0 fully saturated rings. The number of hydrazone groups is 1. The average molecular weight is 294 g/mol. The summed E-state index contributed by atoms with van der Waals surface area (Å²) in [7, 11) is 0. The van der Waals surface area contributed by atoms with Crippen LogP contribution >= 0.6 is 23.2 Å². The summed E-state index contributed by atoms with van der Waals surface area (Å²) in [5, 5.41) is 4.63. The summed E-state index contributed by atoms with van der Waals surface area (Å²) in [5.41, 5.74) is 3.27. The Hall–Kier alpha value is -1.91. The highest BCUT2D eigenvalue weighted by Crippen LogP contribution is 2.23. The lowest BCUT2D eigenvalue weighted by Crippen LogP contribution is -2.18. The van der Waals surface area contributed by atoms with Crippen LogP contribution in [0.2, 0.25) is 10.0 Å². The van der Waals surface area contributed by atoms with Crippen LogP contribution in [0.3, 0.4) is 0 Å². The summed E-state index contributed by atoms with van der Waals surface area (Å²) < 4.78 is 0. The molecule has 6 heteroatoms. The van der Waals surface area contributed by atoms with E-state index in [1.807, 2.05) is 0 Å². The highest BCUT2D eigenvalue weighted by Gasteiger charge is 2.04. The van der Waals surface area contributed by atoms with Crippen LogP contribution in [0.15, 0.2) is 47.7 Å². The van der Waals surface area contributed by atoms with Gasteiger partial charge in [-0.25, -0.2) is 5.43 Å². The SMILES string of the molecule is O=C(N/N=C/c1cccc(Cl)c1Cl)c1ccccn1. The number of hydrogen-bond donors (Lipinski definition) is 1. The van der Waals surface area contributed by atoms with Gasteiger partial charge in [0.2, 0.25) is 0 Å². The van der Waals surface area contributed by atoms with Crippen molar-refractivity contribution in [1.29, 1.82) is 0 Å². The number of aromatic nitrogens is 1. The molecule has 0 saturated carbocycles. The second-order valence-corrected chi connectivity index (χ2v) is 4.34. The van der Waals surface area contributed by atoms with Crippen LogP contribution in [0.5, 0.6) is 0 Å². The molecule has 1 aromatic carbocycles. The lowest BCUT2D eigenvalue weighted by atomic mass is 10.2. The molecule has 0 radical (unpaired) electrons. The molecule has 0 aliphatic rings. The van der Waals surface area contributed by atoms with Crippen LogP contribution in [0, 0.1) is 0 Å². The number of halogens is 2. The van der Waals surface area contributed by atoms with Crippen LogP contribution in [-0.2, 0) is 0 Å². The van der Waals surface area contributed by atoms with Crippen molar-refractivity contribution in [3.63, 3.8) is 0 Å². The fraction of sp³-hybridized carbons (Fsp3) is 0. The molecule has 19 heavy (non-hydrogen) atoms. The van der Waals surface area contributed by atoms with E-state index in [4.69, 9.17) is 23.2 Å². The van der Waals surface area contributed by atoms with Crippen molar-refractivity contribution < 1.29 is 4.79 Å². The van der Waals surface area contributed by atoms with E-state index in [0.717, 1.165) is 0 Å². The largest absolute Gasteiger partial charge is 0.289 e. The average Bonchev–Trinajstić information content (AvgIpc) is 2.44. The third-order valence-corrected chi connectivity index (χ3v) is 3.08. The number of nitrogens with one attached hydrogen (secondary N) is 1. The molecule has 0 aliphatic heterocycles. The molecule has 0 bridgehead atoms. The van der Waals surface area contributed by atoms with Crippen molar-refractivity contribution in [3.05, 3.63) is 63.9 Å². The predicted molar refractivity (Wildman–Crippen MR) is 75.8 cm³/mol. The van der Waals surface area contributed by atoms with Crippen LogP contribution in [0.1, 0.15) is 16.1 Å². The molecular weight excluding hydrogens is 285 g/mol. The minimum Gasteiger partial charge on any atom is -0.266 e. The minimum atomic E-state index is -0.394. The summed E-state index contributed by atoms with van der Waals surface area (Å²) in [6.07, 6.45) is 2.96. The highest BCUT2D eigenvalue weighted by molar-refractivity contribution is 6.43. The maximum atomic E-state index is 11.6. The quantitative estimate of drug-likeness (QED) is 0.698. The maximum absolute atomic E-state index is 11.6. The Kier molecular flexibility index (Phi) is 4.49. The topological polar surface area (TPSA) is 54.4 Å². The summed E-state index contributed by atoms with van der Waals surface area (Å²) in [6.45, 7) is 0. The number of carbonyl (C=O) groups excluding carboxylic acids is 1. The summed E-state index contributed by atoms with van der Waals surface area (Å²) in [6, 6.07) is 10.2. The van der Waals surface area contributed by atoms with E-state index in [0.29, 0.717) is 15.6 Å². The fourth-order valence-corrected chi connectivity index (χ4v) is 1.69. The zero-order chi connectivity index (χ0) is 13.7. The Balaban J connectivity index is 2.05. The van der Waals surface area contributed by atoms with E-state index in [2.05, 4.69) is 15.5 Å². The minimum absolute atomic E-state index is 0.289. The molecule has 4 nitrogen and oxygen atoms in total. The standard InChI is InChI=1S/C13H9Cl2N3O/c14-10-5-3-4-9(12(10)15)8-17-18-13(19)11-6-1-2-7-16-11/h1-8H,(H,18,19)/b17-8+. The van der Waals surface area contributed by atoms with Gasteiger partial charge in [0.05, 0.1) is 16.3 Å². The second-order valence-electron chi connectivity index (χ2n) is 3.56. The van der Waals surface area contributed by atoms with Crippen molar-refractivity contribution in [2.75, 3.05) is 0 Å². The molecule has 0 aliphatic carbocycles. The molecule has 1 N–H and O–H groups in total. The Morgan fingerprint density at radius 3 is 2.79 bits per heavy atom. The lowest BCUT2D eigenvalue weighted by molar-refractivity contribution is 0.0950. The molecule has 96 valence electrons. The molecule has 0 unspecified atom stereocenters. The first-order valence-corrected chi connectivity index (χ1v) is 6.12. The lowest BCUT2D eigenvalue weighted by Gasteiger charge is -2.00. The third kappa shape index (κ3) is 3.53. The Morgan fingerprint density at radius 2 is 2.05 bits per heavy atom. The maximum Gasteiger partial charge on any atom is 0.289 e. The summed E-state index contributed by atoms with van der Waals surface area (Å²) in [5.74, 6) is -0.394. The Morgan fingerprint density at radius 1 is 1.21 bits per heavy atom. The van der Waals surface area contributed by atoms with Crippen molar-refractivity contribution in [1.82, 2.24) is 10.4 Å². The van der Waals surface area contributed by atoms with Gasteiger partial charge in [-0.15, -0.1) is 0 Å². The zero-order valence-corrected chi connectivity index (χ0v) is 11.2. The van der Waals surface area contributed by atoms with Crippen LogP contribution < -0.4 is 5.43 Å².